The van der Waals surface area contributed by atoms with E-state index < -0.39 is 0 Å². The summed E-state index contributed by atoms with van der Waals surface area (Å²) in [5, 5.41) is 4.19. The number of rotatable bonds is 3. The lowest BCUT2D eigenvalue weighted by molar-refractivity contribution is -0.0474. The second kappa shape index (κ2) is 6.64. The molecule has 4 aliphatic heterocycles. The number of nitrogens with one attached hydrogen (secondary N) is 1. The number of pyridine rings is 1. The van der Waals surface area contributed by atoms with Gasteiger partial charge >= 0.3 is 6.02 Å². The minimum absolute atomic E-state index is 0.272. The molecule has 0 aromatic carbocycles. The van der Waals surface area contributed by atoms with Crippen molar-refractivity contribution in [1.82, 2.24) is 24.5 Å². The van der Waals surface area contributed by atoms with E-state index in [2.05, 4.69) is 29.8 Å². The maximum Gasteiger partial charge on any atom is 0.554 e. The topological polar surface area (TPSA) is 77.3 Å². The van der Waals surface area contributed by atoms with Gasteiger partial charge in [0, 0.05) is 30.3 Å². The molecule has 2 bridgehead atoms. The average molecular weight is 381 g/mol. The summed E-state index contributed by atoms with van der Waals surface area (Å²) in [5.41, 5.74) is 1.49. The number of nitrogens with zero attached hydrogens (tertiary/aromatic N) is 5. The molecule has 1 spiro atoms. The molecule has 0 saturated carbocycles. The van der Waals surface area contributed by atoms with Crippen molar-refractivity contribution in [2.75, 3.05) is 31.2 Å². The minimum atomic E-state index is -0.272. The molecule has 1 atom stereocenters. The fourth-order valence-electron chi connectivity index (χ4n) is 4.12. The van der Waals surface area contributed by atoms with Crippen molar-refractivity contribution in [3.63, 3.8) is 0 Å². The third-order valence-corrected chi connectivity index (χ3v) is 6.24. The Morgan fingerprint density at radius 1 is 1.26 bits per heavy atom. The first-order chi connectivity index (χ1) is 13.2. The van der Waals surface area contributed by atoms with Crippen LogP contribution in [-0.2, 0) is 4.74 Å². The van der Waals surface area contributed by atoms with Gasteiger partial charge in [0.1, 0.15) is 6.33 Å². The predicted octanol–water partition coefficient (Wildman–Crippen LogP) is 1.66. The third kappa shape index (κ3) is 3.10. The van der Waals surface area contributed by atoms with E-state index in [0.717, 1.165) is 22.8 Å². The average Bonchev–Trinajstić information content (AvgIpc) is 3.11. The van der Waals surface area contributed by atoms with Crippen molar-refractivity contribution in [1.29, 1.82) is 0 Å². The molecule has 7 nitrogen and oxygen atoms in total. The van der Waals surface area contributed by atoms with Gasteiger partial charge in [-0.05, 0) is 44.3 Å². The lowest BCUT2D eigenvalue weighted by Gasteiger charge is -2.47. The van der Waals surface area contributed by atoms with Crippen LogP contribution >= 0.6 is 11.8 Å². The number of piperidine rings is 3. The van der Waals surface area contributed by atoms with Crippen molar-refractivity contribution in [3.8, 4) is 11.3 Å². The summed E-state index contributed by atoms with van der Waals surface area (Å²) >= 11 is 1.62. The summed E-state index contributed by atoms with van der Waals surface area (Å²) in [4.78, 5) is 15.5. The molecular formula is C19H21N6OS+. The molecule has 138 valence electrons. The van der Waals surface area contributed by atoms with E-state index in [1.165, 1.54) is 25.9 Å². The summed E-state index contributed by atoms with van der Waals surface area (Å²) < 4.78 is 10.8. The van der Waals surface area contributed by atoms with Crippen LogP contribution in [0.4, 0.5) is 5.82 Å². The van der Waals surface area contributed by atoms with Crippen LogP contribution in [0.3, 0.4) is 0 Å². The zero-order chi connectivity index (χ0) is 18.3. The van der Waals surface area contributed by atoms with Crippen LogP contribution in [0.1, 0.15) is 12.8 Å². The van der Waals surface area contributed by atoms with Crippen LogP contribution < -0.4 is 9.98 Å². The molecule has 27 heavy (non-hydrogen) atoms. The van der Waals surface area contributed by atoms with Gasteiger partial charge in [-0.3, -0.25) is 4.90 Å². The smallest absolute Gasteiger partial charge is 0.401 e. The molecule has 6 rings (SSSR count). The molecular weight excluding hydrogens is 360 g/mol. The van der Waals surface area contributed by atoms with Gasteiger partial charge in [-0.25, -0.2) is 9.97 Å². The van der Waals surface area contributed by atoms with Gasteiger partial charge in [0.25, 0.3) is 0 Å². The van der Waals surface area contributed by atoms with Crippen molar-refractivity contribution in [2.45, 2.75) is 23.5 Å². The summed E-state index contributed by atoms with van der Waals surface area (Å²) in [6, 6.07) is 6.42. The number of thioether (sulfide) groups is 1. The Bertz CT molecular complexity index is 918. The highest BCUT2D eigenvalue weighted by molar-refractivity contribution is 7.98. The Morgan fingerprint density at radius 3 is 2.85 bits per heavy atom. The lowest BCUT2D eigenvalue weighted by Crippen LogP contribution is -2.61. The Kier molecular flexibility index (Phi) is 4.11. The molecule has 2 aromatic heterocycles. The van der Waals surface area contributed by atoms with Crippen LogP contribution in [0.5, 0.6) is 0 Å². The molecule has 6 heterocycles. The zero-order valence-corrected chi connectivity index (χ0v) is 15.9. The lowest BCUT2D eigenvalue weighted by atomic mass is 9.76. The van der Waals surface area contributed by atoms with Gasteiger partial charge in [0.15, 0.2) is 0 Å². The largest absolute Gasteiger partial charge is 0.554 e. The van der Waals surface area contributed by atoms with Gasteiger partial charge < -0.3 is 4.74 Å². The van der Waals surface area contributed by atoms with E-state index in [9.17, 15) is 0 Å². The van der Waals surface area contributed by atoms with Gasteiger partial charge in [0.2, 0.25) is 17.6 Å². The Labute approximate surface area is 162 Å². The van der Waals surface area contributed by atoms with Crippen molar-refractivity contribution < 1.29 is 4.74 Å². The number of anilines is 1. The number of aromatic nitrogens is 3. The first-order valence-electron chi connectivity index (χ1n) is 9.17. The number of hydrogen-bond donors (Lipinski definition) is 1. The Morgan fingerprint density at radius 2 is 2.15 bits per heavy atom. The Balaban J connectivity index is 1.31. The molecule has 3 fully saturated rings. The van der Waals surface area contributed by atoms with E-state index in [1.807, 2.05) is 36.9 Å². The molecule has 0 aliphatic carbocycles. The van der Waals surface area contributed by atoms with E-state index in [1.54, 1.807) is 18.1 Å². The molecule has 1 unspecified atom stereocenters. The molecule has 3 saturated heterocycles. The van der Waals surface area contributed by atoms with E-state index >= 15 is 0 Å². The quantitative estimate of drug-likeness (QED) is 0.640. The van der Waals surface area contributed by atoms with Crippen LogP contribution in [0.25, 0.3) is 11.3 Å². The normalized spacial score (nSPS) is 28.3. The van der Waals surface area contributed by atoms with Crippen LogP contribution in [0, 0.1) is 5.92 Å². The summed E-state index contributed by atoms with van der Waals surface area (Å²) in [6.07, 6.45) is 9.72. The molecule has 4 aliphatic rings. The van der Waals surface area contributed by atoms with E-state index in [-0.39, 0.29) is 5.60 Å². The molecule has 1 N–H and O–H groups in total. The molecule has 2 aromatic rings. The van der Waals surface area contributed by atoms with E-state index in [0.29, 0.717) is 17.8 Å². The number of ether oxygens (including phenoxy) is 1. The highest BCUT2D eigenvalue weighted by atomic mass is 32.2. The highest BCUT2D eigenvalue weighted by Crippen LogP contribution is 2.38. The second-order valence-corrected chi connectivity index (χ2v) is 8.00. The SMILES string of the molecule is CSc1ccc(-c2cc(NC3=[N+]=CC4(CN5CCC4CC5)O3)ncn2)cn1. The fraction of sp³-hybridized carbons (Fsp3) is 0.421. The zero-order valence-electron chi connectivity index (χ0n) is 15.1. The fourth-order valence-corrected chi connectivity index (χ4v) is 4.49. The number of amidine groups is 1. The molecule has 0 amide bonds. The van der Waals surface area contributed by atoms with Gasteiger partial charge in [-0.15, -0.1) is 11.8 Å². The standard InChI is InChI=1S/C19H20N6OS/c1-27-17-3-2-13(9-20-17)15-8-16(23-12-22-15)24-18-21-10-19(26-18)11-25-6-4-14(19)5-7-25/h2-3,8-10,12,14H,4-7,11H2,1H3/p+1. The van der Waals surface area contributed by atoms with Crippen LogP contribution in [0.2, 0.25) is 0 Å². The van der Waals surface area contributed by atoms with Crippen molar-refractivity contribution in [3.05, 3.63) is 30.7 Å². The summed E-state index contributed by atoms with van der Waals surface area (Å²) in [5.74, 6) is 1.21. The predicted molar refractivity (Wildman–Crippen MR) is 107 cm³/mol. The van der Waals surface area contributed by atoms with Crippen molar-refractivity contribution in [2.24, 2.45) is 5.92 Å². The highest BCUT2D eigenvalue weighted by Gasteiger charge is 2.54. The third-order valence-electron chi connectivity index (χ3n) is 5.58. The molecule has 8 heteroatoms. The minimum Gasteiger partial charge on any atom is -0.401 e. The maximum atomic E-state index is 6.27. The first-order valence-corrected chi connectivity index (χ1v) is 10.4. The van der Waals surface area contributed by atoms with Gasteiger partial charge in [-0.1, -0.05) is 0 Å². The Hall–Kier alpha value is -2.41. The van der Waals surface area contributed by atoms with Gasteiger partial charge in [-0.2, -0.15) is 15.0 Å². The van der Waals surface area contributed by atoms with Gasteiger partial charge in [0.05, 0.1) is 10.7 Å². The monoisotopic (exact) mass is 381 g/mol. The van der Waals surface area contributed by atoms with E-state index in [4.69, 9.17) is 4.74 Å². The second-order valence-electron chi connectivity index (χ2n) is 7.17. The van der Waals surface area contributed by atoms with Crippen LogP contribution in [-0.4, -0.2) is 63.6 Å². The molecule has 0 radical (unpaired) electrons. The number of hydrogen-bond acceptors (Lipinski definition) is 7. The summed E-state index contributed by atoms with van der Waals surface area (Å²) in [7, 11) is 0. The first kappa shape index (κ1) is 16.7. The van der Waals surface area contributed by atoms with Crippen LogP contribution in [0.15, 0.2) is 35.7 Å². The van der Waals surface area contributed by atoms with Crippen molar-refractivity contribution >= 4 is 29.8 Å². The summed E-state index contributed by atoms with van der Waals surface area (Å²) in [6.45, 7) is 3.27. The number of fused-ring (bicyclic) bond motifs is 2. The maximum absolute atomic E-state index is 6.27.